The molecule has 3 aromatic carbocycles. The summed E-state index contributed by atoms with van der Waals surface area (Å²) in [4.78, 5) is 5.21. The maximum Gasteiger partial charge on any atom is 0.170 e. The van der Waals surface area contributed by atoms with Crippen LogP contribution in [0.3, 0.4) is 0 Å². The molecule has 148 valence electrons. The Balaban J connectivity index is 2.39. The van der Waals surface area contributed by atoms with Crippen molar-refractivity contribution in [2.75, 3.05) is 7.11 Å². The quantitative estimate of drug-likeness (QED) is 0.283. The maximum atomic E-state index is 5.40. The monoisotopic (exact) mass is 402 g/mol. The lowest BCUT2D eigenvalue weighted by Gasteiger charge is -2.28. The molecule has 0 amide bonds. The zero-order valence-electron chi connectivity index (χ0n) is 17.5. The van der Waals surface area contributed by atoms with Crippen LogP contribution in [-0.2, 0) is 4.74 Å². The molecule has 0 fully saturated rings. The molecule has 0 saturated carbocycles. The first-order valence-electron chi connectivity index (χ1n) is 10.0. The fourth-order valence-corrected chi connectivity index (χ4v) is 8.20. The Morgan fingerprint density at radius 3 is 1.52 bits per heavy atom. The summed E-state index contributed by atoms with van der Waals surface area (Å²) in [5.41, 5.74) is 1.20. The van der Waals surface area contributed by atoms with Gasteiger partial charge in [-0.3, -0.25) is 0 Å². The summed E-state index contributed by atoms with van der Waals surface area (Å²) >= 11 is 0. The van der Waals surface area contributed by atoms with Crippen molar-refractivity contribution in [2.24, 2.45) is 4.99 Å². The van der Waals surface area contributed by atoms with Crippen molar-refractivity contribution in [1.29, 1.82) is 0 Å². The van der Waals surface area contributed by atoms with Gasteiger partial charge in [-0.25, -0.2) is 4.99 Å². The van der Waals surface area contributed by atoms with E-state index in [0.29, 0.717) is 5.76 Å². The van der Waals surface area contributed by atoms with Gasteiger partial charge in [0.2, 0.25) is 0 Å². The molecule has 0 heterocycles. The van der Waals surface area contributed by atoms with Gasteiger partial charge in [-0.05, 0) is 43.3 Å². The van der Waals surface area contributed by atoms with Crippen molar-refractivity contribution in [3.63, 3.8) is 0 Å². The molecule has 0 aliphatic heterocycles. The van der Waals surface area contributed by atoms with Crippen LogP contribution in [0.15, 0.2) is 108 Å². The van der Waals surface area contributed by atoms with E-state index in [1.165, 1.54) is 21.4 Å². The number of nitrogens with zero attached hydrogens (tertiary/aromatic N) is 1. The van der Waals surface area contributed by atoms with Gasteiger partial charge in [0.1, 0.15) is 27.7 Å². The van der Waals surface area contributed by atoms with Crippen LogP contribution < -0.4 is 15.9 Å². The lowest BCUT2D eigenvalue weighted by molar-refractivity contribution is 0.271. The van der Waals surface area contributed by atoms with Gasteiger partial charge >= 0.3 is 0 Å². The predicted molar refractivity (Wildman–Crippen MR) is 128 cm³/mol. The Morgan fingerprint density at radius 1 is 0.828 bits per heavy atom. The normalized spacial score (nSPS) is 13.0. The summed E-state index contributed by atoms with van der Waals surface area (Å²) in [6, 6.07) is 32.3. The van der Waals surface area contributed by atoms with Gasteiger partial charge < -0.3 is 4.74 Å². The molecule has 1 unspecified atom stereocenters. The highest BCUT2D eigenvalue weighted by atomic mass is 31.2. The number of benzene rings is 3. The number of methoxy groups -OCH3 is 1. The summed E-state index contributed by atoms with van der Waals surface area (Å²) < 4.78 is 5.40. The van der Waals surface area contributed by atoms with Gasteiger partial charge in [0.25, 0.3) is 0 Å². The van der Waals surface area contributed by atoms with Crippen LogP contribution in [-0.4, -0.2) is 18.6 Å². The fraction of sp³-hybridized carbons (Fsp3) is 0.192. The number of ether oxygens (including phenoxy) is 1. The molecule has 2 nitrogen and oxygen atoms in total. The second-order valence-corrected chi connectivity index (χ2v) is 10.3. The third-order valence-corrected chi connectivity index (χ3v) is 9.63. The molecule has 0 N–H and O–H groups in total. The molecule has 0 aromatic heterocycles. The minimum absolute atomic E-state index is 0.106. The van der Waals surface area contributed by atoms with Crippen molar-refractivity contribution in [3.05, 3.63) is 103 Å². The van der Waals surface area contributed by atoms with Crippen molar-refractivity contribution < 1.29 is 4.74 Å². The standard InChI is InChI=1S/C26H29NOP/c1-5-26(27-21(2)22(3)28-4)29(23-15-9-6-10-16-23,24-17-11-7-12-18-24)25-19-13-8-14-20-25/h6-21H,3,5H2,1-2,4H3/q+1. The first-order chi connectivity index (χ1) is 14.1. The zero-order chi connectivity index (χ0) is 20.7. The third-order valence-electron chi connectivity index (χ3n) is 5.20. The number of aliphatic imine (C=N–C) groups is 1. The molecule has 0 radical (unpaired) electrons. The molecular weight excluding hydrogens is 373 g/mol. The molecule has 0 saturated heterocycles. The molecule has 1 atom stereocenters. The molecule has 3 rings (SSSR count). The van der Waals surface area contributed by atoms with Crippen molar-refractivity contribution in [2.45, 2.75) is 26.3 Å². The van der Waals surface area contributed by atoms with Crippen molar-refractivity contribution in [1.82, 2.24) is 0 Å². The van der Waals surface area contributed by atoms with Crippen LogP contribution in [0.4, 0.5) is 0 Å². The second kappa shape index (κ2) is 9.67. The van der Waals surface area contributed by atoms with Crippen LogP contribution in [0.5, 0.6) is 0 Å². The summed E-state index contributed by atoms with van der Waals surface area (Å²) in [6.45, 7) is 8.30. The predicted octanol–water partition coefficient (Wildman–Crippen LogP) is 5.34. The third kappa shape index (κ3) is 4.18. The van der Waals surface area contributed by atoms with Crippen LogP contribution in [0.25, 0.3) is 0 Å². The van der Waals surface area contributed by atoms with Gasteiger partial charge in [-0.15, -0.1) is 0 Å². The molecule has 0 bridgehead atoms. The first-order valence-corrected chi connectivity index (χ1v) is 11.8. The molecule has 3 heteroatoms. The minimum atomic E-state index is -2.11. The van der Waals surface area contributed by atoms with E-state index in [9.17, 15) is 0 Å². The highest BCUT2D eigenvalue weighted by molar-refractivity contribution is 8.08. The van der Waals surface area contributed by atoms with E-state index in [4.69, 9.17) is 9.73 Å². The SMILES string of the molecule is C=C(OC)C(C)N=C(CC)[P+](c1ccccc1)(c1ccccc1)c1ccccc1. The average molecular weight is 402 g/mol. The van der Waals surface area contributed by atoms with E-state index in [1.807, 2.05) is 0 Å². The van der Waals surface area contributed by atoms with E-state index < -0.39 is 7.26 Å². The summed E-state index contributed by atoms with van der Waals surface area (Å²) in [7, 11) is -0.453. The van der Waals surface area contributed by atoms with E-state index in [-0.39, 0.29) is 6.04 Å². The Kier molecular flexibility index (Phi) is 7.01. The van der Waals surface area contributed by atoms with Crippen molar-refractivity contribution >= 4 is 28.6 Å². The van der Waals surface area contributed by atoms with Gasteiger partial charge in [0.05, 0.1) is 7.11 Å². The topological polar surface area (TPSA) is 21.6 Å². The first kappa shape index (κ1) is 21.0. The molecule has 29 heavy (non-hydrogen) atoms. The lowest BCUT2D eigenvalue weighted by Crippen LogP contribution is -2.36. The van der Waals surface area contributed by atoms with E-state index in [1.54, 1.807) is 7.11 Å². The number of rotatable bonds is 8. The molecule has 3 aromatic rings. The molecule has 0 aliphatic rings. The van der Waals surface area contributed by atoms with Crippen LogP contribution in [0.1, 0.15) is 20.3 Å². The average Bonchev–Trinajstić information content (AvgIpc) is 2.80. The van der Waals surface area contributed by atoms with Gasteiger partial charge in [-0.1, -0.05) is 68.1 Å². The summed E-state index contributed by atoms with van der Waals surface area (Å²) in [5, 5.41) is 3.94. The van der Waals surface area contributed by atoms with E-state index in [2.05, 4.69) is 111 Å². The zero-order valence-corrected chi connectivity index (χ0v) is 18.3. The van der Waals surface area contributed by atoms with Gasteiger partial charge in [-0.2, -0.15) is 0 Å². The summed E-state index contributed by atoms with van der Waals surface area (Å²) in [5.74, 6) is 0.684. The number of hydrogen-bond acceptors (Lipinski definition) is 2. The van der Waals surface area contributed by atoms with Crippen LogP contribution in [0, 0.1) is 0 Å². The van der Waals surface area contributed by atoms with Crippen LogP contribution in [0.2, 0.25) is 0 Å². The summed E-state index contributed by atoms with van der Waals surface area (Å²) in [6.07, 6.45) is 0.855. The van der Waals surface area contributed by atoms with Crippen LogP contribution >= 0.6 is 7.26 Å². The highest BCUT2D eigenvalue weighted by Crippen LogP contribution is 2.57. The molecular formula is C26H29NOP+. The van der Waals surface area contributed by atoms with E-state index in [0.717, 1.165) is 6.42 Å². The maximum absolute atomic E-state index is 5.40. The Bertz CT molecular complexity index is 855. The lowest BCUT2D eigenvalue weighted by atomic mass is 10.3. The molecule has 0 spiro atoms. The van der Waals surface area contributed by atoms with E-state index >= 15 is 0 Å². The second-order valence-electron chi connectivity index (χ2n) is 6.92. The minimum Gasteiger partial charge on any atom is -0.499 e. The Morgan fingerprint density at radius 2 is 1.21 bits per heavy atom. The van der Waals surface area contributed by atoms with Gasteiger partial charge in [0.15, 0.2) is 12.7 Å². The Labute approximate surface area is 175 Å². The smallest absolute Gasteiger partial charge is 0.170 e. The van der Waals surface area contributed by atoms with Crippen molar-refractivity contribution in [3.8, 4) is 0 Å². The number of hydrogen-bond donors (Lipinski definition) is 0. The molecule has 0 aliphatic carbocycles. The van der Waals surface area contributed by atoms with Gasteiger partial charge in [0, 0.05) is 6.42 Å². The fourth-order valence-electron chi connectivity index (χ4n) is 3.73. The Hall–Kier alpha value is -2.70. The largest absolute Gasteiger partial charge is 0.499 e. The highest BCUT2D eigenvalue weighted by Gasteiger charge is 2.50.